The van der Waals surface area contributed by atoms with Crippen LogP contribution in [0.2, 0.25) is 0 Å². The number of nitrogens with one attached hydrogen (secondary N) is 2. The highest BCUT2D eigenvalue weighted by atomic mass is 16.2. The molecule has 1 atom stereocenters. The molecule has 4 N–H and O–H groups in total. The Bertz CT molecular complexity index is 737. The molecule has 0 saturated carbocycles. The second kappa shape index (κ2) is 6.32. The highest BCUT2D eigenvalue weighted by Gasteiger charge is 2.30. The van der Waals surface area contributed by atoms with Crippen molar-refractivity contribution in [2.45, 2.75) is 32.2 Å². The number of nitrogens with two attached hydrogens (primary N) is 1. The zero-order valence-electron chi connectivity index (χ0n) is 13.3. The van der Waals surface area contributed by atoms with Crippen molar-refractivity contribution >= 4 is 28.4 Å². The Kier molecular flexibility index (Phi) is 4.23. The predicted octanol–water partition coefficient (Wildman–Crippen LogP) is 1.30. The molecule has 2 heterocycles. The summed E-state index contributed by atoms with van der Waals surface area (Å²) in [5, 5.41) is 3.94. The molecule has 1 saturated heterocycles. The summed E-state index contributed by atoms with van der Waals surface area (Å²) in [6.45, 7) is 2.97. The lowest BCUT2D eigenvalue weighted by molar-refractivity contribution is -0.119. The Labute approximate surface area is 135 Å². The van der Waals surface area contributed by atoms with Gasteiger partial charge in [-0.1, -0.05) is 12.1 Å². The second-order valence-corrected chi connectivity index (χ2v) is 6.00. The van der Waals surface area contributed by atoms with Gasteiger partial charge in [-0.15, -0.1) is 0 Å². The van der Waals surface area contributed by atoms with Crippen molar-refractivity contribution in [3.63, 3.8) is 0 Å². The zero-order chi connectivity index (χ0) is 16.4. The summed E-state index contributed by atoms with van der Waals surface area (Å²) in [5.74, 6) is -0.288. The molecule has 0 aliphatic carbocycles. The van der Waals surface area contributed by atoms with Gasteiger partial charge in [-0.25, -0.2) is 0 Å². The van der Waals surface area contributed by atoms with E-state index < -0.39 is 0 Å². The number of hydrogen-bond acceptors (Lipinski definition) is 3. The highest BCUT2D eigenvalue weighted by Crippen LogP contribution is 2.33. The van der Waals surface area contributed by atoms with E-state index >= 15 is 0 Å². The van der Waals surface area contributed by atoms with E-state index in [0.717, 1.165) is 48.0 Å². The summed E-state index contributed by atoms with van der Waals surface area (Å²) in [5.41, 5.74) is 8.74. The van der Waals surface area contributed by atoms with E-state index in [1.807, 2.05) is 18.3 Å². The summed E-state index contributed by atoms with van der Waals surface area (Å²) >= 11 is 0. The van der Waals surface area contributed by atoms with Crippen molar-refractivity contribution < 1.29 is 9.59 Å². The average Bonchev–Trinajstić information content (AvgIpc) is 3.13. The average molecular weight is 314 g/mol. The van der Waals surface area contributed by atoms with Crippen LogP contribution >= 0.6 is 0 Å². The fourth-order valence-electron chi connectivity index (χ4n) is 3.37. The van der Waals surface area contributed by atoms with Crippen LogP contribution in [0.3, 0.4) is 0 Å². The molecular formula is C17H22N4O2. The smallest absolute Gasteiger partial charge is 0.240 e. The van der Waals surface area contributed by atoms with Crippen molar-refractivity contribution in [3.05, 3.63) is 30.0 Å². The summed E-state index contributed by atoms with van der Waals surface area (Å²) in [7, 11) is 0. The van der Waals surface area contributed by atoms with Crippen LogP contribution in [0.4, 0.5) is 5.69 Å². The number of aromatic amines is 1. The Balaban J connectivity index is 1.89. The number of nitrogens with zero attached hydrogens (tertiary/aromatic N) is 1. The largest absolute Gasteiger partial charge is 0.368 e. The molecule has 6 heteroatoms. The van der Waals surface area contributed by atoms with Crippen LogP contribution < -0.4 is 16.0 Å². The van der Waals surface area contributed by atoms with Crippen molar-refractivity contribution in [3.8, 4) is 0 Å². The molecule has 1 aliphatic heterocycles. The SMILES string of the molecule is CC(=O)NCCc1c[nH]c2c(N3CCCC3C(N)=O)cccc12. The summed E-state index contributed by atoms with van der Waals surface area (Å²) in [6, 6.07) is 5.86. The van der Waals surface area contributed by atoms with Gasteiger partial charge in [0.2, 0.25) is 11.8 Å². The van der Waals surface area contributed by atoms with E-state index in [2.05, 4.69) is 21.3 Å². The Morgan fingerprint density at radius 1 is 1.43 bits per heavy atom. The van der Waals surface area contributed by atoms with E-state index in [9.17, 15) is 9.59 Å². The van der Waals surface area contributed by atoms with Crippen LogP contribution in [0.25, 0.3) is 10.9 Å². The molecule has 2 aromatic rings. The van der Waals surface area contributed by atoms with Gasteiger partial charge in [0, 0.05) is 31.6 Å². The maximum atomic E-state index is 11.7. The Morgan fingerprint density at radius 2 is 2.26 bits per heavy atom. The molecule has 23 heavy (non-hydrogen) atoms. The standard InChI is InChI=1S/C17H22N4O2/c1-11(22)19-8-7-12-10-20-16-13(12)4-2-5-14(16)21-9-3-6-15(21)17(18)23/h2,4-5,10,15,20H,3,6-9H2,1H3,(H2,18,23)(H,19,22). The molecule has 1 fully saturated rings. The predicted molar refractivity (Wildman–Crippen MR) is 90.2 cm³/mol. The number of amides is 2. The minimum absolute atomic E-state index is 0.0214. The van der Waals surface area contributed by atoms with Crippen LogP contribution in [0, 0.1) is 0 Å². The number of aromatic nitrogens is 1. The molecule has 3 rings (SSSR count). The minimum atomic E-state index is -0.267. The molecule has 1 unspecified atom stereocenters. The molecule has 2 amide bonds. The van der Waals surface area contributed by atoms with E-state index in [4.69, 9.17) is 5.73 Å². The first-order chi connectivity index (χ1) is 11.1. The highest BCUT2D eigenvalue weighted by molar-refractivity contribution is 5.96. The van der Waals surface area contributed by atoms with Gasteiger partial charge in [-0.3, -0.25) is 9.59 Å². The van der Waals surface area contributed by atoms with Crippen molar-refractivity contribution in [1.82, 2.24) is 10.3 Å². The fraction of sp³-hybridized carbons (Fsp3) is 0.412. The van der Waals surface area contributed by atoms with Crippen molar-refractivity contribution in [2.24, 2.45) is 5.73 Å². The molecule has 0 spiro atoms. The molecular weight excluding hydrogens is 292 g/mol. The van der Waals surface area contributed by atoms with Crippen LogP contribution in [0.1, 0.15) is 25.3 Å². The molecule has 1 aromatic carbocycles. The number of benzene rings is 1. The lowest BCUT2D eigenvalue weighted by Crippen LogP contribution is -2.40. The summed E-state index contributed by atoms with van der Waals surface area (Å²) in [4.78, 5) is 28.1. The number of para-hydroxylation sites is 1. The molecule has 0 radical (unpaired) electrons. The third-order valence-electron chi connectivity index (χ3n) is 4.44. The molecule has 1 aromatic heterocycles. The van der Waals surface area contributed by atoms with Gasteiger partial charge in [-0.05, 0) is 30.9 Å². The number of fused-ring (bicyclic) bond motifs is 1. The first kappa shape index (κ1) is 15.4. The second-order valence-electron chi connectivity index (χ2n) is 6.00. The summed E-state index contributed by atoms with van der Waals surface area (Å²) in [6.07, 6.45) is 4.52. The zero-order valence-corrected chi connectivity index (χ0v) is 13.3. The first-order valence-electron chi connectivity index (χ1n) is 7.97. The normalized spacial score (nSPS) is 17.6. The van der Waals surface area contributed by atoms with Crippen molar-refractivity contribution in [2.75, 3.05) is 18.0 Å². The van der Waals surface area contributed by atoms with Gasteiger partial charge < -0.3 is 20.9 Å². The van der Waals surface area contributed by atoms with Gasteiger partial charge in [0.15, 0.2) is 0 Å². The van der Waals surface area contributed by atoms with Gasteiger partial charge in [0.05, 0.1) is 11.2 Å². The number of carbonyl (C=O) groups is 2. The molecule has 1 aliphatic rings. The lowest BCUT2D eigenvalue weighted by atomic mass is 10.1. The van der Waals surface area contributed by atoms with E-state index in [-0.39, 0.29) is 17.9 Å². The minimum Gasteiger partial charge on any atom is -0.368 e. The van der Waals surface area contributed by atoms with Gasteiger partial charge in [0.1, 0.15) is 6.04 Å². The van der Waals surface area contributed by atoms with Gasteiger partial charge in [0.25, 0.3) is 0 Å². The van der Waals surface area contributed by atoms with Crippen LogP contribution in [-0.4, -0.2) is 35.9 Å². The maximum Gasteiger partial charge on any atom is 0.240 e. The van der Waals surface area contributed by atoms with Crippen LogP contribution in [0.5, 0.6) is 0 Å². The number of carbonyl (C=O) groups excluding carboxylic acids is 2. The number of hydrogen-bond donors (Lipinski definition) is 3. The van der Waals surface area contributed by atoms with Crippen molar-refractivity contribution in [1.29, 1.82) is 0 Å². The Morgan fingerprint density at radius 3 is 3.00 bits per heavy atom. The maximum absolute atomic E-state index is 11.7. The van der Waals surface area contributed by atoms with Gasteiger partial charge in [-0.2, -0.15) is 0 Å². The van der Waals surface area contributed by atoms with Crippen LogP contribution in [-0.2, 0) is 16.0 Å². The lowest BCUT2D eigenvalue weighted by Gasteiger charge is -2.25. The third kappa shape index (κ3) is 3.02. The van der Waals surface area contributed by atoms with Crippen LogP contribution in [0.15, 0.2) is 24.4 Å². The van der Waals surface area contributed by atoms with E-state index in [0.29, 0.717) is 6.54 Å². The number of rotatable bonds is 5. The topological polar surface area (TPSA) is 91.2 Å². The third-order valence-corrected chi connectivity index (χ3v) is 4.44. The monoisotopic (exact) mass is 314 g/mol. The molecule has 122 valence electrons. The first-order valence-corrected chi connectivity index (χ1v) is 7.97. The molecule has 0 bridgehead atoms. The van der Waals surface area contributed by atoms with Gasteiger partial charge >= 0.3 is 0 Å². The number of anilines is 1. The number of primary amides is 1. The number of H-pyrrole nitrogens is 1. The fourth-order valence-corrected chi connectivity index (χ4v) is 3.37. The summed E-state index contributed by atoms with van der Waals surface area (Å²) < 4.78 is 0. The molecule has 6 nitrogen and oxygen atoms in total. The van der Waals surface area contributed by atoms with E-state index in [1.165, 1.54) is 6.92 Å². The van der Waals surface area contributed by atoms with E-state index in [1.54, 1.807) is 0 Å². The quantitative estimate of drug-likeness (QED) is 0.777. The Hall–Kier alpha value is -2.50.